The van der Waals surface area contributed by atoms with Crippen LogP contribution in [-0.4, -0.2) is 46.2 Å². The number of amides is 1. The van der Waals surface area contributed by atoms with Crippen LogP contribution in [0.1, 0.15) is 19.8 Å². The standard InChI is InChI=1S/C14H16BrNO4/c1-6(7-2-3-7)16-5-14-4-8(15)11(20-14)9(13(18)19)10(14)12(16)17/h4,6-7,9-11H,2-3,5H2,1H3,(H,18,19)/t6-,9?,10?,11-,14-/m0/s1. The van der Waals surface area contributed by atoms with Crippen molar-refractivity contribution >= 4 is 27.8 Å². The number of carbonyl (C=O) groups excluding carboxylic acids is 1. The monoisotopic (exact) mass is 341 g/mol. The largest absolute Gasteiger partial charge is 0.481 e. The summed E-state index contributed by atoms with van der Waals surface area (Å²) in [5.41, 5.74) is -0.729. The molecule has 2 bridgehead atoms. The number of carbonyl (C=O) groups is 2. The molecule has 1 N–H and O–H groups in total. The number of hydrogen-bond acceptors (Lipinski definition) is 3. The summed E-state index contributed by atoms with van der Waals surface area (Å²) in [7, 11) is 0. The summed E-state index contributed by atoms with van der Waals surface area (Å²) in [5, 5.41) is 9.46. The molecule has 2 saturated heterocycles. The summed E-state index contributed by atoms with van der Waals surface area (Å²) in [6, 6.07) is 0.187. The van der Waals surface area contributed by atoms with Gasteiger partial charge in [-0.05, 0) is 31.8 Å². The summed E-state index contributed by atoms with van der Waals surface area (Å²) >= 11 is 3.40. The van der Waals surface area contributed by atoms with Crippen molar-refractivity contribution < 1.29 is 19.4 Å². The van der Waals surface area contributed by atoms with E-state index in [4.69, 9.17) is 4.74 Å². The van der Waals surface area contributed by atoms with Crippen LogP contribution in [0.3, 0.4) is 0 Å². The Labute approximate surface area is 125 Å². The number of nitrogens with zero attached hydrogens (tertiary/aromatic N) is 1. The van der Waals surface area contributed by atoms with Gasteiger partial charge in [0.25, 0.3) is 0 Å². The minimum absolute atomic E-state index is 0.0458. The zero-order valence-electron chi connectivity index (χ0n) is 11.1. The lowest BCUT2D eigenvalue weighted by Gasteiger charge is -2.27. The first-order valence-corrected chi connectivity index (χ1v) is 7.83. The molecule has 0 aromatic carbocycles. The van der Waals surface area contributed by atoms with Crippen LogP contribution in [0.4, 0.5) is 0 Å². The van der Waals surface area contributed by atoms with Gasteiger partial charge < -0.3 is 14.7 Å². The zero-order valence-corrected chi connectivity index (χ0v) is 12.7. The van der Waals surface area contributed by atoms with Gasteiger partial charge in [0.05, 0.1) is 12.5 Å². The number of aliphatic carboxylic acids is 1. The molecule has 5 atom stereocenters. The lowest BCUT2D eigenvalue weighted by Crippen LogP contribution is -2.41. The highest BCUT2D eigenvalue weighted by atomic mass is 79.9. The van der Waals surface area contributed by atoms with E-state index in [1.165, 1.54) is 0 Å². The molecule has 3 heterocycles. The fraction of sp³-hybridized carbons (Fsp3) is 0.714. The Morgan fingerprint density at radius 2 is 2.30 bits per heavy atom. The van der Waals surface area contributed by atoms with E-state index < -0.39 is 29.5 Å². The summed E-state index contributed by atoms with van der Waals surface area (Å²) in [6.07, 6.45) is 3.74. The van der Waals surface area contributed by atoms with E-state index in [1.54, 1.807) is 0 Å². The van der Waals surface area contributed by atoms with Gasteiger partial charge in [-0.25, -0.2) is 0 Å². The average Bonchev–Trinajstić information content (AvgIpc) is 3.04. The maximum Gasteiger partial charge on any atom is 0.310 e. The van der Waals surface area contributed by atoms with Crippen LogP contribution in [0, 0.1) is 17.8 Å². The fourth-order valence-corrected chi connectivity index (χ4v) is 4.81. The predicted octanol–water partition coefficient (Wildman–Crippen LogP) is 1.37. The Balaban J connectivity index is 1.71. The summed E-state index contributed by atoms with van der Waals surface area (Å²) in [6.45, 7) is 2.55. The Morgan fingerprint density at radius 3 is 2.90 bits per heavy atom. The normalized spacial score (nSPS) is 43.7. The first kappa shape index (κ1) is 12.8. The minimum atomic E-state index is -0.943. The number of hydrogen-bond donors (Lipinski definition) is 1. The van der Waals surface area contributed by atoms with E-state index in [0.29, 0.717) is 12.5 Å². The molecule has 0 aromatic rings. The number of carboxylic acids is 1. The second-order valence-electron chi connectivity index (χ2n) is 6.41. The van der Waals surface area contributed by atoms with Gasteiger partial charge in [0.2, 0.25) is 5.91 Å². The second-order valence-corrected chi connectivity index (χ2v) is 7.32. The topological polar surface area (TPSA) is 66.8 Å². The van der Waals surface area contributed by atoms with Crippen molar-refractivity contribution in [3.05, 3.63) is 10.6 Å². The molecule has 0 aromatic heterocycles. The van der Waals surface area contributed by atoms with Gasteiger partial charge >= 0.3 is 5.97 Å². The molecule has 1 saturated carbocycles. The van der Waals surface area contributed by atoms with E-state index in [-0.39, 0.29) is 11.9 Å². The first-order valence-electron chi connectivity index (χ1n) is 7.04. The third kappa shape index (κ3) is 1.46. The van der Waals surface area contributed by atoms with Crippen molar-refractivity contribution in [1.29, 1.82) is 0 Å². The molecule has 3 fully saturated rings. The molecule has 1 amide bonds. The van der Waals surface area contributed by atoms with E-state index >= 15 is 0 Å². The van der Waals surface area contributed by atoms with Crippen LogP contribution in [-0.2, 0) is 14.3 Å². The molecule has 108 valence electrons. The highest BCUT2D eigenvalue weighted by Crippen LogP contribution is 2.56. The van der Waals surface area contributed by atoms with Crippen LogP contribution in [0.15, 0.2) is 10.6 Å². The quantitative estimate of drug-likeness (QED) is 0.841. The van der Waals surface area contributed by atoms with E-state index in [9.17, 15) is 14.7 Å². The number of carboxylic acid groups (broad SMARTS) is 1. The molecule has 4 rings (SSSR count). The van der Waals surface area contributed by atoms with Gasteiger partial charge in [-0.3, -0.25) is 9.59 Å². The second kappa shape index (κ2) is 3.85. The molecule has 1 spiro atoms. The van der Waals surface area contributed by atoms with Gasteiger partial charge in [-0.2, -0.15) is 0 Å². The first-order chi connectivity index (χ1) is 9.44. The van der Waals surface area contributed by atoms with Crippen LogP contribution in [0.5, 0.6) is 0 Å². The summed E-state index contributed by atoms with van der Waals surface area (Å²) < 4.78 is 6.71. The van der Waals surface area contributed by atoms with E-state index in [2.05, 4.69) is 22.9 Å². The van der Waals surface area contributed by atoms with Crippen LogP contribution in [0.2, 0.25) is 0 Å². The predicted molar refractivity (Wildman–Crippen MR) is 73.1 cm³/mol. The highest BCUT2D eigenvalue weighted by Gasteiger charge is 2.69. The van der Waals surface area contributed by atoms with Crippen LogP contribution < -0.4 is 0 Å². The van der Waals surface area contributed by atoms with Crippen LogP contribution in [0.25, 0.3) is 0 Å². The number of ether oxygens (including phenoxy) is 1. The number of rotatable bonds is 3. The van der Waals surface area contributed by atoms with Crippen molar-refractivity contribution in [1.82, 2.24) is 4.90 Å². The molecular weight excluding hydrogens is 326 g/mol. The van der Waals surface area contributed by atoms with Crippen molar-refractivity contribution in [3.63, 3.8) is 0 Å². The third-order valence-electron chi connectivity index (χ3n) is 5.26. The molecule has 6 heteroatoms. The molecule has 20 heavy (non-hydrogen) atoms. The van der Waals surface area contributed by atoms with Crippen molar-refractivity contribution in [3.8, 4) is 0 Å². The van der Waals surface area contributed by atoms with Gasteiger partial charge in [0.15, 0.2) is 0 Å². The molecule has 5 nitrogen and oxygen atoms in total. The van der Waals surface area contributed by atoms with E-state index in [1.807, 2.05) is 11.0 Å². The average molecular weight is 342 g/mol. The van der Waals surface area contributed by atoms with Gasteiger partial charge in [0, 0.05) is 10.5 Å². The van der Waals surface area contributed by atoms with Crippen molar-refractivity contribution in [2.45, 2.75) is 37.5 Å². The Kier molecular flexibility index (Phi) is 2.47. The fourth-order valence-electron chi connectivity index (χ4n) is 4.05. The molecule has 2 unspecified atom stereocenters. The SMILES string of the molecule is C[C@@H](C1CC1)N1C[C@]23C=C(Br)[C@H](O2)C(C(=O)O)C3C1=O. The minimum Gasteiger partial charge on any atom is -0.481 e. The van der Waals surface area contributed by atoms with Gasteiger partial charge in [-0.15, -0.1) is 0 Å². The molecule has 1 aliphatic carbocycles. The summed E-state index contributed by atoms with van der Waals surface area (Å²) in [5.74, 6) is -1.75. The van der Waals surface area contributed by atoms with Gasteiger partial charge in [-0.1, -0.05) is 15.9 Å². The smallest absolute Gasteiger partial charge is 0.310 e. The van der Waals surface area contributed by atoms with Crippen molar-refractivity contribution in [2.75, 3.05) is 6.54 Å². The molecule has 4 aliphatic rings. The Bertz CT molecular complexity index is 543. The van der Waals surface area contributed by atoms with Crippen molar-refractivity contribution in [2.24, 2.45) is 17.8 Å². The van der Waals surface area contributed by atoms with Gasteiger partial charge in [0.1, 0.15) is 17.6 Å². The number of halogens is 1. The summed E-state index contributed by atoms with van der Waals surface area (Å²) in [4.78, 5) is 26.1. The highest BCUT2D eigenvalue weighted by molar-refractivity contribution is 9.11. The van der Waals surface area contributed by atoms with E-state index in [0.717, 1.165) is 17.3 Å². The molecule has 3 aliphatic heterocycles. The Hall–Kier alpha value is -0.880. The molecular formula is C14H16BrNO4. The maximum atomic E-state index is 12.7. The number of likely N-dealkylation sites (tertiary alicyclic amines) is 1. The molecule has 0 radical (unpaired) electrons. The van der Waals surface area contributed by atoms with Crippen LogP contribution >= 0.6 is 15.9 Å². The number of fused-ring (bicyclic) bond motifs is 1. The third-order valence-corrected chi connectivity index (χ3v) is 5.94. The maximum absolute atomic E-state index is 12.7. The zero-order chi connectivity index (χ0) is 14.2. The lowest BCUT2D eigenvalue weighted by atomic mass is 9.77. The Morgan fingerprint density at radius 1 is 1.60 bits per heavy atom. The lowest BCUT2D eigenvalue weighted by molar-refractivity contribution is -0.148.